The molecule has 7 heteroatoms. The molecule has 0 atom stereocenters. The molecule has 0 aliphatic carbocycles. The van der Waals surface area contributed by atoms with Gasteiger partial charge in [-0.15, -0.1) is 0 Å². The molecule has 0 amide bonds. The minimum Gasteiger partial charge on any atom is -0.493 e. The van der Waals surface area contributed by atoms with Gasteiger partial charge in [0.05, 0.1) is 12.1 Å². The highest BCUT2D eigenvalue weighted by Gasteiger charge is 2.16. The van der Waals surface area contributed by atoms with Crippen LogP contribution in [0.15, 0.2) is 65.3 Å². The highest BCUT2D eigenvalue weighted by Crippen LogP contribution is 2.37. The van der Waals surface area contributed by atoms with E-state index >= 15 is 0 Å². The molecule has 4 rings (SSSR count). The Balaban J connectivity index is 1.45. The van der Waals surface area contributed by atoms with Crippen molar-refractivity contribution in [3.8, 4) is 11.5 Å². The first-order valence-electron chi connectivity index (χ1n) is 10.2. The predicted octanol–water partition coefficient (Wildman–Crippen LogP) is 6.64. The van der Waals surface area contributed by atoms with Crippen molar-refractivity contribution >= 4 is 38.4 Å². The van der Waals surface area contributed by atoms with Crippen molar-refractivity contribution in [1.29, 1.82) is 0 Å². The minimum atomic E-state index is -0.376. The molecule has 166 valence electrons. The first kappa shape index (κ1) is 22.6. The maximum Gasteiger partial charge on any atom is 0.167 e. The van der Waals surface area contributed by atoms with E-state index in [0.29, 0.717) is 28.6 Å². The van der Waals surface area contributed by atoms with E-state index in [1.54, 1.807) is 13.2 Å². The van der Waals surface area contributed by atoms with Crippen molar-refractivity contribution in [2.75, 3.05) is 13.7 Å². The van der Waals surface area contributed by atoms with Crippen LogP contribution in [0.3, 0.4) is 0 Å². The number of ether oxygens (including phenoxy) is 2. The van der Waals surface area contributed by atoms with Gasteiger partial charge in [0.25, 0.3) is 0 Å². The maximum absolute atomic E-state index is 13.3. The van der Waals surface area contributed by atoms with E-state index in [0.717, 1.165) is 28.5 Å². The van der Waals surface area contributed by atoms with Gasteiger partial charge in [-0.1, -0.05) is 51.8 Å². The zero-order valence-corrected chi connectivity index (χ0v) is 19.9. The number of hydrogen-bond acceptors (Lipinski definition) is 3. The molecular weight excluding hydrogens is 495 g/mol. The summed E-state index contributed by atoms with van der Waals surface area (Å²) in [5, 5.41) is 5.08. The Morgan fingerprint density at radius 2 is 1.94 bits per heavy atom. The minimum absolute atomic E-state index is 0.203. The summed E-state index contributed by atoms with van der Waals surface area (Å²) in [4.78, 5) is 3.31. The second-order valence-electron chi connectivity index (χ2n) is 7.37. The quantitative estimate of drug-likeness (QED) is 0.245. The Morgan fingerprint density at radius 3 is 2.75 bits per heavy atom. The monoisotopic (exact) mass is 516 g/mol. The van der Waals surface area contributed by atoms with Gasteiger partial charge in [0, 0.05) is 39.2 Å². The largest absolute Gasteiger partial charge is 0.493 e. The fraction of sp³-hybridized carbons (Fsp3) is 0.200. The van der Waals surface area contributed by atoms with Crippen molar-refractivity contribution in [1.82, 2.24) is 10.3 Å². The molecule has 0 unspecified atom stereocenters. The predicted molar refractivity (Wildman–Crippen MR) is 130 cm³/mol. The van der Waals surface area contributed by atoms with Crippen LogP contribution in [0.4, 0.5) is 4.39 Å². The number of halogens is 3. The van der Waals surface area contributed by atoms with Crippen LogP contribution in [-0.2, 0) is 19.6 Å². The lowest BCUT2D eigenvalue weighted by Gasteiger charge is -2.17. The lowest BCUT2D eigenvalue weighted by Crippen LogP contribution is -2.18. The third-order valence-electron chi connectivity index (χ3n) is 5.32. The average Bonchev–Trinajstić information content (AvgIpc) is 3.20. The molecule has 2 N–H and O–H groups in total. The molecular formula is C25H23BrClFN2O2. The molecule has 4 nitrogen and oxygen atoms in total. The molecule has 3 aromatic carbocycles. The third kappa shape index (κ3) is 5.09. The van der Waals surface area contributed by atoms with Crippen LogP contribution in [0.5, 0.6) is 11.5 Å². The SMILES string of the molecule is COc1ccc(Br)c(CNCCc2c[nH]c3ccccc23)c1OCc1ccc(F)cc1Cl. The molecule has 0 aliphatic heterocycles. The fourth-order valence-corrected chi connectivity index (χ4v) is 4.30. The number of methoxy groups -OCH3 is 1. The Morgan fingerprint density at radius 1 is 1.09 bits per heavy atom. The Labute approximate surface area is 199 Å². The van der Waals surface area contributed by atoms with Gasteiger partial charge in [-0.25, -0.2) is 4.39 Å². The van der Waals surface area contributed by atoms with Crippen molar-refractivity contribution in [2.45, 2.75) is 19.6 Å². The summed E-state index contributed by atoms with van der Waals surface area (Å²) in [6.45, 7) is 1.59. The average molecular weight is 518 g/mol. The topological polar surface area (TPSA) is 46.3 Å². The highest BCUT2D eigenvalue weighted by molar-refractivity contribution is 9.10. The molecule has 0 radical (unpaired) electrons. The molecule has 0 bridgehead atoms. The summed E-state index contributed by atoms with van der Waals surface area (Å²) in [5.41, 5.74) is 4.07. The van der Waals surface area contributed by atoms with E-state index in [-0.39, 0.29) is 12.4 Å². The molecule has 0 aliphatic rings. The van der Waals surface area contributed by atoms with Gasteiger partial charge in [-0.2, -0.15) is 0 Å². The summed E-state index contributed by atoms with van der Waals surface area (Å²) in [5.74, 6) is 0.876. The van der Waals surface area contributed by atoms with Gasteiger partial charge in [-0.05, 0) is 48.9 Å². The number of aromatic nitrogens is 1. The molecule has 0 saturated heterocycles. The molecule has 1 aromatic heterocycles. The molecule has 0 fully saturated rings. The van der Waals surface area contributed by atoms with Crippen LogP contribution in [0.2, 0.25) is 5.02 Å². The van der Waals surface area contributed by atoms with Crippen molar-refractivity contribution in [3.05, 3.63) is 92.8 Å². The van der Waals surface area contributed by atoms with E-state index in [1.807, 2.05) is 18.2 Å². The molecule has 32 heavy (non-hydrogen) atoms. The lowest BCUT2D eigenvalue weighted by atomic mass is 10.1. The number of H-pyrrole nitrogens is 1. The van der Waals surface area contributed by atoms with E-state index < -0.39 is 0 Å². The zero-order chi connectivity index (χ0) is 22.5. The van der Waals surface area contributed by atoms with E-state index in [4.69, 9.17) is 21.1 Å². The van der Waals surface area contributed by atoms with Crippen LogP contribution in [0, 0.1) is 5.82 Å². The number of fused-ring (bicyclic) bond motifs is 1. The summed E-state index contributed by atoms with van der Waals surface area (Å²) in [6.07, 6.45) is 2.96. The van der Waals surface area contributed by atoms with Crippen molar-refractivity contribution in [3.63, 3.8) is 0 Å². The molecule has 4 aromatic rings. The molecule has 0 spiro atoms. The van der Waals surface area contributed by atoms with Crippen molar-refractivity contribution in [2.24, 2.45) is 0 Å². The first-order chi connectivity index (χ1) is 15.6. The van der Waals surface area contributed by atoms with Crippen LogP contribution in [0.25, 0.3) is 10.9 Å². The highest BCUT2D eigenvalue weighted by atomic mass is 79.9. The van der Waals surface area contributed by atoms with E-state index in [1.165, 1.54) is 23.1 Å². The normalized spacial score (nSPS) is 11.1. The third-order valence-corrected chi connectivity index (χ3v) is 6.42. The Kier molecular flexibility index (Phi) is 7.35. The van der Waals surface area contributed by atoms with Gasteiger partial charge in [-0.3, -0.25) is 0 Å². The number of hydrogen-bond donors (Lipinski definition) is 2. The van der Waals surface area contributed by atoms with Gasteiger partial charge >= 0.3 is 0 Å². The molecule has 1 heterocycles. The van der Waals surface area contributed by atoms with Crippen LogP contribution in [0.1, 0.15) is 16.7 Å². The van der Waals surface area contributed by atoms with Gasteiger partial charge in [0.1, 0.15) is 12.4 Å². The van der Waals surface area contributed by atoms with Crippen molar-refractivity contribution < 1.29 is 13.9 Å². The van der Waals surface area contributed by atoms with Crippen LogP contribution in [-0.4, -0.2) is 18.6 Å². The lowest BCUT2D eigenvalue weighted by molar-refractivity contribution is 0.280. The second-order valence-corrected chi connectivity index (χ2v) is 8.63. The standard InChI is InChI=1S/C25H23BrClFN2O2/c1-31-24-9-8-21(26)20(25(24)32-15-17-6-7-18(28)12-22(17)27)14-29-11-10-16-13-30-23-5-3-2-4-19(16)23/h2-9,12-13,29-30H,10-11,14-15H2,1H3. The molecule has 0 saturated carbocycles. The van der Waals surface area contributed by atoms with Crippen LogP contribution >= 0.6 is 27.5 Å². The van der Waals surface area contributed by atoms with Gasteiger partial charge in [0.2, 0.25) is 0 Å². The Bertz CT molecular complexity index is 1230. The number of benzene rings is 3. The van der Waals surface area contributed by atoms with Gasteiger partial charge in [0.15, 0.2) is 11.5 Å². The summed E-state index contributed by atoms with van der Waals surface area (Å²) in [7, 11) is 1.61. The maximum atomic E-state index is 13.3. The summed E-state index contributed by atoms with van der Waals surface area (Å²) < 4.78 is 25.9. The second kappa shape index (κ2) is 10.4. The summed E-state index contributed by atoms with van der Waals surface area (Å²) >= 11 is 9.79. The smallest absolute Gasteiger partial charge is 0.167 e. The number of para-hydroxylation sites is 1. The number of nitrogens with one attached hydrogen (secondary N) is 2. The zero-order valence-electron chi connectivity index (χ0n) is 17.6. The van der Waals surface area contributed by atoms with Crippen LogP contribution < -0.4 is 14.8 Å². The Hall–Kier alpha value is -2.54. The van der Waals surface area contributed by atoms with E-state index in [2.05, 4.69) is 50.6 Å². The summed E-state index contributed by atoms with van der Waals surface area (Å²) in [6, 6.07) is 16.4. The fourth-order valence-electron chi connectivity index (χ4n) is 3.63. The first-order valence-corrected chi connectivity index (χ1v) is 11.4. The number of rotatable bonds is 9. The van der Waals surface area contributed by atoms with Gasteiger partial charge < -0.3 is 19.8 Å². The van der Waals surface area contributed by atoms with E-state index in [9.17, 15) is 4.39 Å². The number of aromatic amines is 1.